The van der Waals surface area contributed by atoms with Crippen molar-refractivity contribution in [1.29, 1.82) is 0 Å². The number of fused-ring (bicyclic) bond motifs is 1. The number of rotatable bonds is 6. The molecule has 4 amide bonds. The first-order chi connectivity index (χ1) is 18.6. The van der Waals surface area contributed by atoms with Crippen molar-refractivity contribution in [1.82, 2.24) is 25.3 Å². The van der Waals surface area contributed by atoms with E-state index in [2.05, 4.69) is 15.7 Å². The highest BCUT2D eigenvalue weighted by Crippen LogP contribution is 2.29. The predicted molar refractivity (Wildman–Crippen MR) is 145 cm³/mol. The molecule has 0 spiro atoms. The van der Waals surface area contributed by atoms with Crippen LogP contribution < -0.4 is 16.2 Å². The van der Waals surface area contributed by atoms with Crippen LogP contribution in [0.5, 0.6) is 0 Å². The monoisotopic (exact) mass is 525 g/mol. The Morgan fingerprint density at radius 2 is 1.59 bits per heavy atom. The van der Waals surface area contributed by atoms with Crippen molar-refractivity contribution in [3.8, 4) is 0 Å². The molecule has 0 radical (unpaired) electrons. The molecule has 10 nitrogen and oxygen atoms in total. The van der Waals surface area contributed by atoms with Gasteiger partial charge in [0, 0.05) is 23.8 Å². The molecule has 0 saturated heterocycles. The van der Waals surface area contributed by atoms with E-state index in [1.165, 1.54) is 6.20 Å². The van der Waals surface area contributed by atoms with Crippen LogP contribution in [0.2, 0.25) is 0 Å². The van der Waals surface area contributed by atoms with Gasteiger partial charge >= 0.3 is 0 Å². The minimum atomic E-state index is -1.15. The zero-order valence-corrected chi connectivity index (χ0v) is 21.9. The van der Waals surface area contributed by atoms with Gasteiger partial charge in [-0.2, -0.15) is 5.01 Å². The van der Waals surface area contributed by atoms with Gasteiger partial charge < -0.3 is 9.88 Å². The quantitative estimate of drug-likeness (QED) is 0.372. The molecule has 198 valence electrons. The number of amides is 4. The van der Waals surface area contributed by atoms with Crippen molar-refractivity contribution < 1.29 is 19.2 Å². The summed E-state index contributed by atoms with van der Waals surface area (Å²) in [6.07, 6.45) is 1.43. The molecule has 10 heteroatoms. The number of imide groups is 1. The lowest BCUT2D eigenvalue weighted by atomic mass is 9.95. The van der Waals surface area contributed by atoms with E-state index in [-0.39, 0.29) is 22.1 Å². The largest absolute Gasteiger partial charge is 0.340 e. The predicted octanol–water partition coefficient (Wildman–Crippen LogP) is 2.96. The molecule has 2 aromatic heterocycles. The van der Waals surface area contributed by atoms with Gasteiger partial charge in [-0.3, -0.25) is 29.4 Å². The van der Waals surface area contributed by atoms with Gasteiger partial charge in [0.1, 0.15) is 17.3 Å². The normalized spacial score (nSPS) is 13.7. The van der Waals surface area contributed by atoms with Gasteiger partial charge in [0.15, 0.2) is 0 Å². The number of benzene rings is 2. The second-order valence-electron chi connectivity index (χ2n) is 9.81. The van der Waals surface area contributed by atoms with Crippen LogP contribution in [0.4, 0.5) is 0 Å². The third-order valence-corrected chi connectivity index (χ3v) is 6.88. The fourth-order valence-corrected chi connectivity index (χ4v) is 4.83. The van der Waals surface area contributed by atoms with Crippen molar-refractivity contribution in [2.45, 2.75) is 40.3 Å². The molecule has 2 N–H and O–H groups in total. The van der Waals surface area contributed by atoms with Gasteiger partial charge in [-0.25, -0.2) is 4.98 Å². The maximum atomic E-state index is 13.4. The van der Waals surface area contributed by atoms with Crippen LogP contribution >= 0.6 is 0 Å². The summed E-state index contributed by atoms with van der Waals surface area (Å²) in [5.41, 5.74) is 3.53. The molecule has 3 heterocycles. The van der Waals surface area contributed by atoms with Gasteiger partial charge in [-0.1, -0.05) is 38.1 Å². The number of nitrogens with zero attached hydrogens (tertiary/aromatic N) is 3. The summed E-state index contributed by atoms with van der Waals surface area (Å²) < 4.78 is 1.70. The van der Waals surface area contributed by atoms with Crippen molar-refractivity contribution >= 4 is 45.4 Å². The zero-order valence-electron chi connectivity index (χ0n) is 21.9. The Hall–Kier alpha value is -4.86. The number of aromatic nitrogens is 2. The summed E-state index contributed by atoms with van der Waals surface area (Å²) in [6.45, 7) is 7.56. The molecule has 1 unspecified atom stereocenters. The Balaban J connectivity index is 1.43. The number of aryl methyl sites for hydroxylation is 2. The summed E-state index contributed by atoms with van der Waals surface area (Å²) in [6, 6.07) is 12.4. The molecule has 1 atom stereocenters. The first kappa shape index (κ1) is 25.8. The summed E-state index contributed by atoms with van der Waals surface area (Å²) >= 11 is 0. The van der Waals surface area contributed by atoms with E-state index < -0.39 is 41.0 Å². The SMILES string of the molecule is CCn1cc(C(=O)NC(C(=O)NN2C(=O)c3cccc4cccc(c34)C2=O)C(C)C)c(=O)c2ccc(C)nc21. The minimum absolute atomic E-state index is 0.140. The Morgan fingerprint density at radius 3 is 2.18 bits per heavy atom. The van der Waals surface area contributed by atoms with Gasteiger partial charge in [-0.15, -0.1) is 0 Å². The third-order valence-electron chi connectivity index (χ3n) is 6.88. The van der Waals surface area contributed by atoms with E-state index in [1.54, 1.807) is 66.9 Å². The van der Waals surface area contributed by atoms with Crippen molar-refractivity contribution in [3.05, 3.63) is 87.3 Å². The molecule has 4 aromatic rings. The molecule has 1 aliphatic rings. The number of nitrogens with one attached hydrogen (secondary N) is 2. The van der Waals surface area contributed by atoms with Crippen LogP contribution in [0.3, 0.4) is 0 Å². The molecular formula is C29H27N5O5. The van der Waals surface area contributed by atoms with Gasteiger partial charge in [0.25, 0.3) is 23.6 Å². The van der Waals surface area contributed by atoms with E-state index in [1.807, 2.05) is 13.8 Å². The van der Waals surface area contributed by atoms with Crippen LogP contribution in [-0.2, 0) is 11.3 Å². The van der Waals surface area contributed by atoms with E-state index in [0.717, 1.165) is 11.1 Å². The van der Waals surface area contributed by atoms with Gasteiger partial charge in [-0.05, 0) is 49.4 Å². The second-order valence-corrected chi connectivity index (χ2v) is 9.81. The number of pyridine rings is 2. The first-order valence-corrected chi connectivity index (χ1v) is 12.6. The average molecular weight is 526 g/mol. The van der Waals surface area contributed by atoms with Gasteiger partial charge in [0.05, 0.1) is 16.5 Å². The maximum absolute atomic E-state index is 13.4. The highest BCUT2D eigenvalue weighted by Gasteiger charge is 2.36. The van der Waals surface area contributed by atoms with E-state index >= 15 is 0 Å². The third kappa shape index (κ3) is 4.33. The smallest absolute Gasteiger partial charge is 0.280 e. The molecule has 1 aliphatic heterocycles. The van der Waals surface area contributed by atoms with Gasteiger partial charge in [0.2, 0.25) is 5.43 Å². The standard InChI is InChI=1S/C29H27N5O5/c1-5-33-14-21(24(35)20-13-12-16(4)30-25(20)33)26(36)31-23(15(2)3)27(37)32-34-28(38)18-10-6-8-17-9-7-11-19(22(17)18)29(34)39/h6-15,23H,5H2,1-4H3,(H,31,36)(H,32,37). The molecule has 5 rings (SSSR count). The number of hydrogen-bond acceptors (Lipinski definition) is 6. The molecular weight excluding hydrogens is 498 g/mol. The Bertz CT molecular complexity index is 1710. The van der Waals surface area contributed by atoms with E-state index in [0.29, 0.717) is 22.6 Å². The fourth-order valence-electron chi connectivity index (χ4n) is 4.83. The zero-order chi connectivity index (χ0) is 28.0. The molecule has 39 heavy (non-hydrogen) atoms. The summed E-state index contributed by atoms with van der Waals surface area (Å²) in [5, 5.41) is 4.86. The lowest BCUT2D eigenvalue weighted by molar-refractivity contribution is -0.127. The summed E-state index contributed by atoms with van der Waals surface area (Å²) in [5.74, 6) is -3.28. The summed E-state index contributed by atoms with van der Waals surface area (Å²) in [7, 11) is 0. The molecule has 0 saturated carbocycles. The number of carbonyl (C=O) groups excluding carboxylic acids is 4. The number of hydrogen-bond donors (Lipinski definition) is 2. The van der Waals surface area contributed by atoms with Crippen LogP contribution in [0.15, 0.2) is 59.5 Å². The highest BCUT2D eigenvalue weighted by atomic mass is 16.2. The Labute approximate surface area is 223 Å². The summed E-state index contributed by atoms with van der Waals surface area (Å²) in [4.78, 5) is 70.7. The van der Waals surface area contributed by atoms with Crippen LogP contribution in [0.25, 0.3) is 21.8 Å². The van der Waals surface area contributed by atoms with Crippen molar-refractivity contribution in [2.24, 2.45) is 5.92 Å². The van der Waals surface area contributed by atoms with E-state index in [9.17, 15) is 24.0 Å². The van der Waals surface area contributed by atoms with Crippen LogP contribution in [0, 0.1) is 12.8 Å². The van der Waals surface area contributed by atoms with E-state index in [4.69, 9.17) is 0 Å². The number of hydrazine groups is 1. The topological polar surface area (TPSA) is 130 Å². The van der Waals surface area contributed by atoms with Crippen LogP contribution in [0.1, 0.15) is 57.5 Å². The molecule has 0 aliphatic carbocycles. The lowest BCUT2D eigenvalue weighted by Crippen LogP contribution is -2.58. The van der Waals surface area contributed by atoms with Crippen molar-refractivity contribution in [2.75, 3.05) is 0 Å². The number of carbonyl (C=O) groups is 4. The minimum Gasteiger partial charge on any atom is -0.340 e. The van der Waals surface area contributed by atoms with Crippen molar-refractivity contribution in [3.63, 3.8) is 0 Å². The molecule has 0 bridgehead atoms. The highest BCUT2D eigenvalue weighted by molar-refractivity contribution is 6.25. The second kappa shape index (κ2) is 9.79. The first-order valence-electron chi connectivity index (χ1n) is 12.6. The molecule has 2 aromatic carbocycles. The fraction of sp³-hybridized carbons (Fsp3) is 0.241. The lowest BCUT2D eigenvalue weighted by Gasteiger charge is -2.30. The Kier molecular flexibility index (Phi) is 6.47. The average Bonchev–Trinajstić information content (AvgIpc) is 2.92. The van der Waals surface area contributed by atoms with Crippen LogP contribution in [-0.4, -0.2) is 44.2 Å². The Morgan fingerprint density at radius 1 is 0.949 bits per heavy atom. The molecule has 0 fully saturated rings. The maximum Gasteiger partial charge on any atom is 0.280 e.